The first-order chi connectivity index (χ1) is 8.04. The number of rotatable bonds is 7. The predicted octanol–water partition coefficient (Wildman–Crippen LogP) is -0.756. The fourth-order valence-corrected chi connectivity index (χ4v) is 1.02. The van der Waals surface area contributed by atoms with Crippen LogP contribution in [0.5, 0.6) is 0 Å². The van der Waals surface area contributed by atoms with Crippen LogP contribution in [0.1, 0.15) is 13.3 Å². The van der Waals surface area contributed by atoms with Crippen molar-refractivity contribution in [3.63, 3.8) is 0 Å². The summed E-state index contributed by atoms with van der Waals surface area (Å²) in [7, 11) is 2.36. The van der Waals surface area contributed by atoms with Gasteiger partial charge in [0, 0.05) is 6.61 Å². The summed E-state index contributed by atoms with van der Waals surface area (Å²) in [6, 6.07) is -1.06. The summed E-state index contributed by atoms with van der Waals surface area (Å²) in [6.07, 6.45) is -0.277. The Balaban J connectivity index is 4.33. The van der Waals surface area contributed by atoms with Crippen LogP contribution in [0, 0.1) is 0 Å². The number of carbonyl (C=O) groups excluding carboxylic acids is 3. The van der Waals surface area contributed by atoms with Gasteiger partial charge in [-0.2, -0.15) is 0 Å². The lowest BCUT2D eigenvalue weighted by Crippen LogP contribution is -2.44. The molecule has 0 aliphatic heterocycles. The zero-order valence-electron chi connectivity index (χ0n) is 10.1. The lowest BCUT2D eigenvalue weighted by Gasteiger charge is -2.15. The smallest absolute Gasteiger partial charge is 0.328 e. The van der Waals surface area contributed by atoms with Gasteiger partial charge in [-0.3, -0.25) is 9.59 Å². The predicted molar refractivity (Wildman–Crippen MR) is 57.1 cm³/mol. The Morgan fingerprint density at radius 3 is 2.29 bits per heavy atom. The molecule has 0 spiro atoms. The van der Waals surface area contributed by atoms with Crippen LogP contribution in [0.4, 0.5) is 0 Å². The normalized spacial score (nSPS) is 11.5. The van der Waals surface area contributed by atoms with Crippen molar-refractivity contribution in [1.29, 1.82) is 0 Å². The summed E-state index contributed by atoms with van der Waals surface area (Å²) >= 11 is 0. The number of hydrogen-bond donors (Lipinski definition) is 1. The quantitative estimate of drug-likeness (QED) is 0.595. The second kappa shape index (κ2) is 8.51. The molecule has 98 valence electrons. The second-order valence-electron chi connectivity index (χ2n) is 3.06. The van der Waals surface area contributed by atoms with Crippen LogP contribution in [0.2, 0.25) is 0 Å². The minimum atomic E-state index is -1.06. The SMILES string of the molecule is CCOCC(=O)N[C@@H](CC(=O)OC)C(=O)OC. The Morgan fingerprint density at radius 1 is 1.18 bits per heavy atom. The van der Waals surface area contributed by atoms with Crippen LogP contribution in [0.3, 0.4) is 0 Å². The van der Waals surface area contributed by atoms with Crippen LogP contribution < -0.4 is 5.32 Å². The average molecular weight is 247 g/mol. The van der Waals surface area contributed by atoms with Crippen LogP contribution in [-0.4, -0.2) is 51.3 Å². The topological polar surface area (TPSA) is 90.9 Å². The van der Waals surface area contributed by atoms with E-state index in [9.17, 15) is 14.4 Å². The molecule has 0 fully saturated rings. The van der Waals surface area contributed by atoms with Gasteiger partial charge in [0.2, 0.25) is 5.91 Å². The third-order valence-corrected chi connectivity index (χ3v) is 1.86. The zero-order chi connectivity index (χ0) is 13.3. The Hall–Kier alpha value is -1.63. The van der Waals surface area contributed by atoms with Crippen molar-refractivity contribution in [2.45, 2.75) is 19.4 Å². The van der Waals surface area contributed by atoms with Gasteiger partial charge in [-0.15, -0.1) is 0 Å². The molecule has 0 aromatic heterocycles. The molecule has 0 aliphatic rings. The number of ether oxygens (including phenoxy) is 3. The maximum atomic E-state index is 11.3. The fourth-order valence-electron chi connectivity index (χ4n) is 1.02. The Kier molecular flexibility index (Phi) is 7.70. The van der Waals surface area contributed by atoms with E-state index < -0.39 is 23.9 Å². The summed E-state index contributed by atoms with van der Waals surface area (Å²) in [5.41, 5.74) is 0. The van der Waals surface area contributed by atoms with Gasteiger partial charge in [-0.25, -0.2) is 4.79 Å². The molecule has 1 amide bonds. The highest BCUT2D eigenvalue weighted by molar-refractivity contribution is 5.88. The van der Waals surface area contributed by atoms with Crippen molar-refractivity contribution in [1.82, 2.24) is 5.32 Å². The van der Waals surface area contributed by atoms with E-state index in [1.54, 1.807) is 6.92 Å². The third kappa shape index (κ3) is 6.52. The van der Waals surface area contributed by atoms with E-state index in [1.807, 2.05) is 0 Å². The lowest BCUT2D eigenvalue weighted by atomic mass is 10.2. The molecule has 1 N–H and O–H groups in total. The maximum absolute atomic E-state index is 11.3. The van der Waals surface area contributed by atoms with E-state index in [1.165, 1.54) is 14.2 Å². The molecule has 7 nitrogen and oxygen atoms in total. The molecule has 1 atom stereocenters. The van der Waals surface area contributed by atoms with Gasteiger partial charge < -0.3 is 19.5 Å². The van der Waals surface area contributed by atoms with E-state index in [0.717, 1.165) is 0 Å². The maximum Gasteiger partial charge on any atom is 0.328 e. The van der Waals surface area contributed by atoms with Crippen molar-refractivity contribution < 1.29 is 28.6 Å². The summed E-state index contributed by atoms with van der Waals surface area (Å²) in [4.78, 5) is 33.6. The Morgan fingerprint density at radius 2 is 1.82 bits per heavy atom. The van der Waals surface area contributed by atoms with Crippen molar-refractivity contribution in [2.75, 3.05) is 27.4 Å². The van der Waals surface area contributed by atoms with Crippen molar-refractivity contribution in [2.24, 2.45) is 0 Å². The summed E-state index contributed by atoms with van der Waals surface area (Å²) < 4.78 is 13.7. The van der Waals surface area contributed by atoms with Gasteiger partial charge in [0.25, 0.3) is 0 Å². The minimum Gasteiger partial charge on any atom is -0.469 e. The minimum absolute atomic E-state index is 0.175. The van der Waals surface area contributed by atoms with Crippen molar-refractivity contribution in [3.8, 4) is 0 Å². The van der Waals surface area contributed by atoms with Crippen LogP contribution in [0.25, 0.3) is 0 Å². The molecule has 0 bridgehead atoms. The molecule has 0 aromatic carbocycles. The number of hydrogen-bond acceptors (Lipinski definition) is 6. The first kappa shape index (κ1) is 15.4. The van der Waals surface area contributed by atoms with Crippen LogP contribution in [0.15, 0.2) is 0 Å². The molecule has 7 heteroatoms. The molecule has 0 aromatic rings. The molecule has 17 heavy (non-hydrogen) atoms. The molecule has 0 aliphatic carbocycles. The number of esters is 2. The van der Waals surface area contributed by atoms with Crippen molar-refractivity contribution in [3.05, 3.63) is 0 Å². The zero-order valence-corrected chi connectivity index (χ0v) is 10.1. The molecule has 0 saturated carbocycles. The van der Waals surface area contributed by atoms with E-state index in [-0.39, 0.29) is 13.0 Å². The highest BCUT2D eigenvalue weighted by Crippen LogP contribution is 1.97. The second-order valence-corrected chi connectivity index (χ2v) is 3.06. The summed E-state index contributed by atoms with van der Waals surface area (Å²) in [5, 5.41) is 2.33. The number of methoxy groups -OCH3 is 2. The van der Waals surface area contributed by atoms with Gasteiger partial charge in [0.05, 0.1) is 20.6 Å². The van der Waals surface area contributed by atoms with Gasteiger partial charge in [-0.05, 0) is 6.92 Å². The van der Waals surface area contributed by atoms with Gasteiger partial charge in [-0.1, -0.05) is 0 Å². The van der Waals surface area contributed by atoms with E-state index in [4.69, 9.17) is 4.74 Å². The highest BCUT2D eigenvalue weighted by Gasteiger charge is 2.24. The highest BCUT2D eigenvalue weighted by atomic mass is 16.5. The first-order valence-corrected chi connectivity index (χ1v) is 5.06. The summed E-state index contributed by atoms with van der Waals surface area (Å²) in [5.74, 6) is -1.82. The van der Waals surface area contributed by atoms with Crippen LogP contribution >= 0.6 is 0 Å². The number of nitrogens with one attached hydrogen (secondary N) is 1. The summed E-state index contributed by atoms with van der Waals surface area (Å²) in [6.45, 7) is 1.94. The monoisotopic (exact) mass is 247 g/mol. The molecule has 0 saturated heterocycles. The van der Waals surface area contributed by atoms with Gasteiger partial charge in [0.1, 0.15) is 12.6 Å². The van der Waals surface area contributed by atoms with E-state index in [2.05, 4.69) is 14.8 Å². The average Bonchev–Trinajstić information content (AvgIpc) is 2.34. The van der Waals surface area contributed by atoms with E-state index in [0.29, 0.717) is 6.61 Å². The largest absolute Gasteiger partial charge is 0.469 e. The molecule has 0 rings (SSSR count). The lowest BCUT2D eigenvalue weighted by molar-refractivity contribution is -0.151. The number of carbonyl (C=O) groups is 3. The molecule has 0 unspecified atom stereocenters. The fraction of sp³-hybridized carbons (Fsp3) is 0.700. The number of amides is 1. The first-order valence-electron chi connectivity index (χ1n) is 5.06. The molecular formula is C10H17NO6. The molecular weight excluding hydrogens is 230 g/mol. The van der Waals surface area contributed by atoms with E-state index >= 15 is 0 Å². The Labute approximate surface area is 99.4 Å². The molecule has 0 radical (unpaired) electrons. The van der Waals surface area contributed by atoms with Gasteiger partial charge in [0.15, 0.2) is 0 Å². The standard InChI is InChI=1S/C10H17NO6/c1-4-17-6-8(12)11-7(10(14)16-3)5-9(13)15-2/h7H,4-6H2,1-3H3,(H,11,12)/t7-/m0/s1. The van der Waals surface area contributed by atoms with Crippen LogP contribution in [-0.2, 0) is 28.6 Å². The third-order valence-electron chi connectivity index (χ3n) is 1.86. The Bertz CT molecular complexity index is 278. The molecule has 0 heterocycles. The van der Waals surface area contributed by atoms with Crippen molar-refractivity contribution >= 4 is 17.8 Å². The van der Waals surface area contributed by atoms with Gasteiger partial charge >= 0.3 is 11.9 Å².